The summed E-state index contributed by atoms with van der Waals surface area (Å²) in [5.41, 5.74) is 8.39. The second-order valence-corrected chi connectivity index (χ2v) is 7.35. The van der Waals surface area contributed by atoms with E-state index in [2.05, 4.69) is 12.0 Å². The van der Waals surface area contributed by atoms with Crippen LogP contribution in [0.25, 0.3) is 5.69 Å². The molecule has 0 amide bonds. The van der Waals surface area contributed by atoms with Crippen LogP contribution in [-0.4, -0.2) is 33.5 Å². The second kappa shape index (κ2) is 7.85. The topological polar surface area (TPSA) is 66.0 Å². The zero-order valence-electron chi connectivity index (χ0n) is 15.2. The smallest absolute Gasteiger partial charge is 0.148 e. The molecule has 2 aromatic rings. The summed E-state index contributed by atoms with van der Waals surface area (Å²) in [6.07, 6.45) is 4.02. The molecule has 25 heavy (non-hydrogen) atoms. The van der Waals surface area contributed by atoms with Crippen molar-refractivity contribution in [2.24, 2.45) is 5.73 Å². The number of hydrogen-bond donors (Lipinski definition) is 1. The van der Waals surface area contributed by atoms with E-state index in [0.29, 0.717) is 0 Å². The standard InChI is InChI=1S/C19H27ClN4O/c1-4-9-25-18-8-6-14(10-17(18)21)19-22-13(3)23-24(19)15-7-5-12(2)16(20)11-15/h5,7,11,14,17-18H,4,6,8-10,21H2,1-3H3/t14-,17+,18+/m0/s1. The highest BCUT2D eigenvalue weighted by Crippen LogP contribution is 2.34. The lowest BCUT2D eigenvalue weighted by atomic mass is 9.83. The number of halogens is 1. The molecule has 0 aliphatic heterocycles. The SMILES string of the molecule is CCCO[C@@H]1CC[C@H](c2nc(C)nn2-c2ccc(C)c(Cl)c2)C[C@H]1N. The lowest BCUT2D eigenvalue weighted by Crippen LogP contribution is -2.42. The summed E-state index contributed by atoms with van der Waals surface area (Å²) in [5.74, 6) is 2.03. The lowest BCUT2D eigenvalue weighted by molar-refractivity contribution is 0.0108. The largest absolute Gasteiger partial charge is 0.377 e. The molecule has 1 saturated carbocycles. The first-order valence-electron chi connectivity index (χ1n) is 9.06. The number of aromatic nitrogens is 3. The Balaban J connectivity index is 1.83. The first-order valence-corrected chi connectivity index (χ1v) is 9.44. The third-order valence-corrected chi connectivity index (χ3v) is 5.28. The highest BCUT2D eigenvalue weighted by molar-refractivity contribution is 6.31. The zero-order valence-corrected chi connectivity index (χ0v) is 16.0. The molecule has 2 N–H and O–H groups in total. The van der Waals surface area contributed by atoms with Gasteiger partial charge in [-0.1, -0.05) is 24.6 Å². The van der Waals surface area contributed by atoms with Crippen LogP contribution < -0.4 is 5.73 Å². The maximum Gasteiger partial charge on any atom is 0.148 e. The summed E-state index contributed by atoms with van der Waals surface area (Å²) >= 11 is 6.30. The summed E-state index contributed by atoms with van der Waals surface area (Å²) in [4.78, 5) is 4.70. The van der Waals surface area contributed by atoms with Crippen LogP contribution in [0.1, 0.15) is 55.7 Å². The van der Waals surface area contributed by atoms with Gasteiger partial charge in [-0.15, -0.1) is 0 Å². The Morgan fingerprint density at radius 2 is 2.12 bits per heavy atom. The van der Waals surface area contributed by atoms with E-state index in [1.807, 2.05) is 36.7 Å². The van der Waals surface area contributed by atoms with E-state index in [1.165, 1.54) is 0 Å². The van der Waals surface area contributed by atoms with Crippen LogP contribution in [0.15, 0.2) is 18.2 Å². The average molecular weight is 363 g/mol. The number of nitrogens with two attached hydrogens (primary N) is 1. The van der Waals surface area contributed by atoms with Crippen molar-refractivity contribution in [1.82, 2.24) is 14.8 Å². The highest BCUT2D eigenvalue weighted by Gasteiger charge is 2.32. The first kappa shape index (κ1) is 18.4. The van der Waals surface area contributed by atoms with E-state index in [4.69, 9.17) is 27.1 Å². The Morgan fingerprint density at radius 3 is 2.80 bits per heavy atom. The van der Waals surface area contributed by atoms with Gasteiger partial charge in [-0.05, 0) is 57.2 Å². The molecule has 1 heterocycles. The Labute approximate surface area is 154 Å². The van der Waals surface area contributed by atoms with Crippen molar-refractivity contribution in [3.63, 3.8) is 0 Å². The summed E-state index contributed by atoms with van der Waals surface area (Å²) < 4.78 is 7.81. The van der Waals surface area contributed by atoms with E-state index in [-0.39, 0.29) is 18.1 Å². The number of benzene rings is 1. The van der Waals surface area contributed by atoms with Crippen molar-refractivity contribution in [1.29, 1.82) is 0 Å². The van der Waals surface area contributed by atoms with Crippen LogP contribution in [0.3, 0.4) is 0 Å². The fourth-order valence-corrected chi connectivity index (χ4v) is 3.66. The predicted octanol–water partition coefficient (Wildman–Crippen LogP) is 3.93. The van der Waals surface area contributed by atoms with Gasteiger partial charge in [0.1, 0.15) is 11.6 Å². The quantitative estimate of drug-likeness (QED) is 0.875. The maximum atomic E-state index is 6.38. The minimum absolute atomic E-state index is 0.0392. The first-order chi connectivity index (χ1) is 12.0. The van der Waals surface area contributed by atoms with Crippen LogP contribution in [0.2, 0.25) is 5.02 Å². The molecule has 6 heteroatoms. The maximum absolute atomic E-state index is 6.38. The zero-order chi connectivity index (χ0) is 18.0. The van der Waals surface area contributed by atoms with Gasteiger partial charge < -0.3 is 10.5 Å². The van der Waals surface area contributed by atoms with Crippen molar-refractivity contribution in [2.75, 3.05) is 6.61 Å². The molecule has 5 nitrogen and oxygen atoms in total. The van der Waals surface area contributed by atoms with Crippen LogP contribution in [-0.2, 0) is 4.74 Å². The summed E-state index contributed by atoms with van der Waals surface area (Å²) in [6.45, 7) is 6.82. The minimum Gasteiger partial charge on any atom is -0.377 e. The fourth-order valence-electron chi connectivity index (χ4n) is 3.49. The minimum atomic E-state index is 0.0392. The number of rotatable bonds is 5. The molecule has 1 fully saturated rings. The van der Waals surface area contributed by atoms with Gasteiger partial charge in [0.2, 0.25) is 0 Å². The Bertz CT molecular complexity index is 730. The summed E-state index contributed by atoms with van der Waals surface area (Å²) in [6, 6.07) is 6.04. The van der Waals surface area contributed by atoms with E-state index in [9.17, 15) is 0 Å². The molecular weight excluding hydrogens is 336 g/mol. The predicted molar refractivity (Wildman–Crippen MR) is 100 cm³/mol. The summed E-state index contributed by atoms with van der Waals surface area (Å²) in [5, 5.41) is 5.34. The van der Waals surface area contributed by atoms with E-state index in [1.54, 1.807) is 0 Å². The third-order valence-electron chi connectivity index (χ3n) is 4.87. The van der Waals surface area contributed by atoms with Crippen LogP contribution >= 0.6 is 11.6 Å². The number of hydrogen-bond acceptors (Lipinski definition) is 4. The molecule has 3 rings (SSSR count). The van der Waals surface area contributed by atoms with Gasteiger partial charge in [0.05, 0.1) is 11.8 Å². The number of ether oxygens (including phenoxy) is 1. The molecule has 1 aromatic carbocycles. The Kier molecular flexibility index (Phi) is 5.77. The van der Waals surface area contributed by atoms with Crippen molar-refractivity contribution in [3.8, 4) is 5.69 Å². The van der Waals surface area contributed by atoms with Crippen molar-refractivity contribution >= 4 is 11.6 Å². The molecule has 0 radical (unpaired) electrons. The van der Waals surface area contributed by atoms with Gasteiger partial charge >= 0.3 is 0 Å². The van der Waals surface area contributed by atoms with Gasteiger partial charge in [0.15, 0.2) is 0 Å². The third kappa shape index (κ3) is 4.05. The lowest BCUT2D eigenvalue weighted by Gasteiger charge is -2.33. The Hall–Kier alpha value is -1.43. The monoisotopic (exact) mass is 362 g/mol. The second-order valence-electron chi connectivity index (χ2n) is 6.95. The molecule has 1 aliphatic carbocycles. The van der Waals surface area contributed by atoms with Crippen LogP contribution in [0.4, 0.5) is 0 Å². The van der Waals surface area contributed by atoms with Gasteiger partial charge in [0.25, 0.3) is 0 Å². The normalized spacial score (nSPS) is 23.8. The highest BCUT2D eigenvalue weighted by atomic mass is 35.5. The fraction of sp³-hybridized carbons (Fsp3) is 0.579. The van der Waals surface area contributed by atoms with Crippen LogP contribution in [0, 0.1) is 13.8 Å². The number of aryl methyl sites for hydroxylation is 2. The van der Waals surface area contributed by atoms with Gasteiger partial charge in [-0.3, -0.25) is 0 Å². The van der Waals surface area contributed by atoms with E-state index < -0.39 is 0 Å². The molecule has 0 saturated heterocycles. The van der Waals surface area contributed by atoms with Crippen molar-refractivity contribution in [3.05, 3.63) is 40.4 Å². The molecule has 1 aliphatic rings. The van der Waals surface area contributed by atoms with Crippen molar-refractivity contribution in [2.45, 2.75) is 64.5 Å². The molecule has 1 aromatic heterocycles. The van der Waals surface area contributed by atoms with E-state index >= 15 is 0 Å². The van der Waals surface area contributed by atoms with Gasteiger partial charge in [-0.2, -0.15) is 5.10 Å². The van der Waals surface area contributed by atoms with Gasteiger partial charge in [-0.25, -0.2) is 9.67 Å². The van der Waals surface area contributed by atoms with Crippen molar-refractivity contribution < 1.29 is 4.74 Å². The molecule has 136 valence electrons. The Morgan fingerprint density at radius 1 is 1.32 bits per heavy atom. The average Bonchev–Trinajstić information content (AvgIpc) is 2.98. The van der Waals surface area contributed by atoms with E-state index in [0.717, 1.165) is 60.2 Å². The molecular formula is C19H27ClN4O. The summed E-state index contributed by atoms with van der Waals surface area (Å²) in [7, 11) is 0. The molecule has 0 unspecified atom stereocenters. The molecule has 3 atom stereocenters. The molecule has 0 bridgehead atoms. The number of nitrogens with zero attached hydrogens (tertiary/aromatic N) is 3. The van der Waals surface area contributed by atoms with Crippen LogP contribution in [0.5, 0.6) is 0 Å². The molecule has 0 spiro atoms. The van der Waals surface area contributed by atoms with Gasteiger partial charge in [0, 0.05) is 23.6 Å².